The first-order valence-corrected chi connectivity index (χ1v) is 6.41. The molecule has 0 fully saturated rings. The van der Waals surface area contributed by atoms with Crippen LogP contribution in [0.3, 0.4) is 0 Å². The van der Waals surface area contributed by atoms with E-state index in [1.165, 1.54) is 28.8 Å². The minimum Gasteiger partial charge on any atom is -0.285 e. The fraction of sp³-hybridized carbons (Fsp3) is 0. The van der Waals surface area contributed by atoms with Crippen molar-refractivity contribution in [2.24, 2.45) is 0 Å². The Balaban J connectivity index is 2.14. The molecule has 5 nitrogen and oxygen atoms in total. The lowest BCUT2D eigenvalue weighted by atomic mass is 10.1. The maximum absolute atomic E-state index is 13.3. The Bertz CT molecular complexity index is 1090. The molecule has 2 heterocycles. The molecule has 0 N–H and O–H groups in total. The van der Waals surface area contributed by atoms with Crippen molar-refractivity contribution < 1.29 is 9.18 Å². The smallest absolute Gasteiger partial charge is 0.266 e. The van der Waals surface area contributed by atoms with Gasteiger partial charge in [-0.15, -0.1) is 0 Å². The summed E-state index contributed by atoms with van der Waals surface area (Å²) in [5.41, 5.74) is 0.667. The Morgan fingerprint density at radius 2 is 1.95 bits per heavy atom. The summed E-state index contributed by atoms with van der Waals surface area (Å²) in [6, 6.07) is 10.1. The first kappa shape index (κ1) is 12.4. The van der Waals surface area contributed by atoms with E-state index >= 15 is 0 Å². The molecular formula is C16H6FN3O2. The number of carbonyl (C=O) groups is 1. The zero-order valence-corrected chi connectivity index (χ0v) is 11.0. The molecule has 0 bridgehead atoms. The van der Waals surface area contributed by atoms with Crippen molar-refractivity contribution in [1.29, 1.82) is 5.26 Å². The number of ketones is 1. The Labute approximate surface area is 122 Å². The van der Waals surface area contributed by atoms with Crippen LogP contribution in [-0.2, 0) is 0 Å². The summed E-state index contributed by atoms with van der Waals surface area (Å²) in [5, 5.41) is 9.16. The van der Waals surface area contributed by atoms with Crippen LogP contribution in [0.25, 0.3) is 16.6 Å². The maximum Gasteiger partial charge on any atom is 0.266 e. The molecule has 2 aromatic carbocycles. The third kappa shape index (κ3) is 1.48. The topological polar surface area (TPSA) is 75.8 Å². The fourth-order valence-electron chi connectivity index (χ4n) is 2.64. The van der Waals surface area contributed by atoms with Crippen molar-refractivity contribution >= 4 is 16.7 Å². The van der Waals surface area contributed by atoms with Crippen LogP contribution in [0, 0.1) is 17.1 Å². The van der Waals surface area contributed by atoms with Crippen molar-refractivity contribution in [3.05, 3.63) is 69.5 Å². The monoisotopic (exact) mass is 291 g/mol. The van der Waals surface area contributed by atoms with Crippen LogP contribution in [0.4, 0.5) is 4.39 Å². The number of fused-ring (bicyclic) bond motifs is 4. The SMILES string of the molecule is N#Cc1ccc2c(c1)C(=O)c1nc3cc(F)ccc3c(=O)n1-2. The second-order valence-electron chi connectivity index (χ2n) is 4.91. The zero-order chi connectivity index (χ0) is 15.4. The maximum atomic E-state index is 13.3. The molecule has 104 valence electrons. The first-order valence-electron chi connectivity index (χ1n) is 6.41. The fourth-order valence-corrected chi connectivity index (χ4v) is 2.64. The van der Waals surface area contributed by atoms with Gasteiger partial charge in [0, 0.05) is 6.07 Å². The molecule has 0 saturated carbocycles. The van der Waals surface area contributed by atoms with Gasteiger partial charge in [0.05, 0.1) is 33.8 Å². The summed E-state index contributed by atoms with van der Waals surface area (Å²) in [7, 11) is 0. The summed E-state index contributed by atoms with van der Waals surface area (Å²) >= 11 is 0. The molecule has 6 heteroatoms. The predicted octanol–water partition coefficient (Wildman–Crippen LogP) is 1.94. The Kier molecular flexibility index (Phi) is 2.31. The average Bonchev–Trinajstić information content (AvgIpc) is 2.80. The lowest BCUT2D eigenvalue weighted by Gasteiger charge is -2.05. The van der Waals surface area contributed by atoms with Gasteiger partial charge < -0.3 is 0 Å². The van der Waals surface area contributed by atoms with E-state index in [9.17, 15) is 14.0 Å². The molecule has 0 aliphatic carbocycles. The van der Waals surface area contributed by atoms with Gasteiger partial charge in [0.15, 0.2) is 5.82 Å². The normalized spacial score (nSPS) is 12.1. The highest BCUT2D eigenvalue weighted by Gasteiger charge is 2.30. The van der Waals surface area contributed by atoms with E-state index in [4.69, 9.17) is 5.26 Å². The molecule has 0 spiro atoms. The highest BCUT2D eigenvalue weighted by atomic mass is 19.1. The van der Waals surface area contributed by atoms with E-state index in [0.717, 1.165) is 6.07 Å². The number of halogens is 1. The Hall–Kier alpha value is -3.33. The van der Waals surface area contributed by atoms with Gasteiger partial charge >= 0.3 is 0 Å². The number of benzene rings is 2. The standard InChI is InChI=1S/C16H6FN3O2/c17-9-2-3-10-12(6-9)19-15-14(21)11-5-8(7-18)1-4-13(11)20(15)16(10)22/h1-6H. The van der Waals surface area contributed by atoms with Crippen molar-refractivity contribution in [2.75, 3.05) is 0 Å². The molecule has 3 aromatic rings. The summed E-state index contributed by atoms with van der Waals surface area (Å²) in [5.74, 6) is -1.04. The second kappa shape index (κ2) is 4.09. The van der Waals surface area contributed by atoms with Crippen LogP contribution in [0.1, 0.15) is 21.7 Å². The van der Waals surface area contributed by atoms with Crippen LogP contribution in [0.2, 0.25) is 0 Å². The van der Waals surface area contributed by atoms with E-state index in [0.29, 0.717) is 11.3 Å². The predicted molar refractivity (Wildman–Crippen MR) is 75.4 cm³/mol. The van der Waals surface area contributed by atoms with E-state index in [1.807, 2.05) is 6.07 Å². The summed E-state index contributed by atoms with van der Waals surface area (Å²) in [6.07, 6.45) is 0. The lowest BCUT2D eigenvalue weighted by Crippen LogP contribution is -2.21. The van der Waals surface area contributed by atoms with Crippen LogP contribution in [0.15, 0.2) is 41.2 Å². The number of hydrogen-bond donors (Lipinski definition) is 0. The van der Waals surface area contributed by atoms with Gasteiger partial charge in [-0.25, -0.2) is 9.37 Å². The number of carbonyl (C=O) groups excluding carboxylic acids is 1. The molecule has 1 aliphatic rings. The molecular weight excluding hydrogens is 285 g/mol. The van der Waals surface area contributed by atoms with Crippen molar-refractivity contribution in [3.8, 4) is 11.8 Å². The van der Waals surface area contributed by atoms with Crippen molar-refractivity contribution in [3.63, 3.8) is 0 Å². The molecule has 1 aliphatic heterocycles. The summed E-state index contributed by atoms with van der Waals surface area (Å²) in [6.45, 7) is 0. The third-order valence-corrected chi connectivity index (χ3v) is 3.65. The number of rotatable bonds is 0. The number of aromatic nitrogens is 2. The molecule has 22 heavy (non-hydrogen) atoms. The highest BCUT2D eigenvalue weighted by Crippen LogP contribution is 2.27. The molecule has 4 rings (SSSR count). The van der Waals surface area contributed by atoms with E-state index in [1.54, 1.807) is 6.07 Å². The summed E-state index contributed by atoms with van der Waals surface area (Å²) in [4.78, 5) is 29.1. The number of hydrogen-bond acceptors (Lipinski definition) is 4. The van der Waals surface area contributed by atoms with Gasteiger partial charge in [0.1, 0.15) is 5.82 Å². The minimum absolute atomic E-state index is 0.0619. The minimum atomic E-state index is -0.529. The Morgan fingerprint density at radius 1 is 1.14 bits per heavy atom. The quantitative estimate of drug-likeness (QED) is 0.496. The van der Waals surface area contributed by atoms with Gasteiger partial charge in [-0.2, -0.15) is 5.26 Å². The molecule has 1 aromatic heterocycles. The molecule has 0 amide bonds. The Morgan fingerprint density at radius 3 is 2.73 bits per heavy atom. The molecule has 0 unspecified atom stereocenters. The van der Waals surface area contributed by atoms with Crippen LogP contribution >= 0.6 is 0 Å². The largest absolute Gasteiger partial charge is 0.285 e. The summed E-state index contributed by atoms with van der Waals surface area (Å²) < 4.78 is 14.5. The van der Waals surface area contributed by atoms with E-state index < -0.39 is 17.2 Å². The lowest BCUT2D eigenvalue weighted by molar-refractivity contribution is 0.103. The zero-order valence-electron chi connectivity index (χ0n) is 11.0. The van der Waals surface area contributed by atoms with Crippen LogP contribution in [0.5, 0.6) is 0 Å². The number of nitrogens with zero attached hydrogens (tertiary/aromatic N) is 3. The van der Waals surface area contributed by atoms with E-state index in [-0.39, 0.29) is 22.3 Å². The number of nitriles is 1. The third-order valence-electron chi connectivity index (χ3n) is 3.65. The first-order chi connectivity index (χ1) is 10.6. The van der Waals surface area contributed by atoms with E-state index in [2.05, 4.69) is 4.98 Å². The van der Waals surface area contributed by atoms with Gasteiger partial charge in [0.2, 0.25) is 5.78 Å². The van der Waals surface area contributed by atoms with Crippen LogP contribution < -0.4 is 5.56 Å². The second-order valence-corrected chi connectivity index (χ2v) is 4.91. The van der Waals surface area contributed by atoms with Gasteiger partial charge in [-0.05, 0) is 30.3 Å². The van der Waals surface area contributed by atoms with Gasteiger partial charge in [-0.1, -0.05) is 0 Å². The molecule has 0 saturated heterocycles. The van der Waals surface area contributed by atoms with Crippen molar-refractivity contribution in [2.45, 2.75) is 0 Å². The van der Waals surface area contributed by atoms with Gasteiger partial charge in [0.25, 0.3) is 5.56 Å². The highest BCUT2D eigenvalue weighted by molar-refractivity contribution is 6.13. The average molecular weight is 291 g/mol. The molecule has 0 atom stereocenters. The molecule has 0 radical (unpaired) electrons. The van der Waals surface area contributed by atoms with Crippen LogP contribution in [-0.4, -0.2) is 15.3 Å². The van der Waals surface area contributed by atoms with Gasteiger partial charge in [-0.3, -0.25) is 14.2 Å². The van der Waals surface area contributed by atoms with Crippen molar-refractivity contribution in [1.82, 2.24) is 9.55 Å².